The van der Waals surface area contributed by atoms with Gasteiger partial charge >= 0.3 is 0 Å². The van der Waals surface area contributed by atoms with Crippen molar-refractivity contribution in [1.29, 1.82) is 0 Å². The Morgan fingerprint density at radius 2 is 1.68 bits per heavy atom. The molecule has 8 heteroatoms. The molecule has 1 aromatic carbocycles. The summed E-state index contributed by atoms with van der Waals surface area (Å²) in [5.41, 5.74) is 4.21. The molecule has 3 aromatic rings. The van der Waals surface area contributed by atoms with Gasteiger partial charge in [0.15, 0.2) is 4.73 Å². The molecule has 3 heterocycles. The Balaban J connectivity index is 1.97. The molecule has 0 saturated carbocycles. The zero-order chi connectivity index (χ0) is 22.3. The second-order valence-electron chi connectivity index (χ2n) is 8.01. The van der Waals surface area contributed by atoms with Crippen molar-refractivity contribution in [1.82, 2.24) is 15.0 Å². The summed E-state index contributed by atoms with van der Waals surface area (Å²) in [7, 11) is 0. The average Bonchev–Trinajstić information content (AvgIpc) is 2.72. The quantitative estimate of drug-likeness (QED) is 0.365. The number of aromatic nitrogens is 3. The Hall–Kier alpha value is -2.38. The van der Waals surface area contributed by atoms with Crippen molar-refractivity contribution in [3.05, 3.63) is 62.9 Å². The van der Waals surface area contributed by atoms with Crippen LogP contribution in [0.3, 0.4) is 0 Å². The summed E-state index contributed by atoms with van der Waals surface area (Å²) in [5, 5.41) is 0.373. The standard InChI is InChI=1S/C23H22BrClFN5/c1-12(2)18-21(19(13(3)4)30-23(24)29-18)31-11-27-10-14-9-16(25)20(28-22(14)31)15-7-5-6-8-17(15)26/h5-10,12-13H,11H2,1-4H3. The first kappa shape index (κ1) is 21.8. The van der Waals surface area contributed by atoms with Gasteiger partial charge in [0, 0.05) is 17.3 Å². The highest BCUT2D eigenvalue weighted by Gasteiger charge is 2.29. The number of fused-ring (bicyclic) bond motifs is 1. The molecule has 1 aliphatic rings. The summed E-state index contributed by atoms with van der Waals surface area (Å²) in [4.78, 5) is 20.7. The van der Waals surface area contributed by atoms with Crippen LogP contribution in [-0.4, -0.2) is 27.8 Å². The van der Waals surface area contributed by atoms with E-state index in [-0.39, 0.29) is 17.7 Å². The Kier molecular flexibility index (Phi) is 6.08. The van der Waals surface area contributed by atoms with Crippen molar-refractivity contribution in [2.45, 2.75) is 39.5 Å². The third kappa shape index (κ3) is 4.08. The van der Waals surface area contributed by atoms with Gasteiger partial charge in [-0.3, -0.25) is 4.99 Å². The minimum Gasteiger partial charge on any atom is -0.302 e. The van der Waals surface area contributed by atoms with Crippen molar-refractivity contribution >= 4 is 45.3 Å². The number of hydrogen-bond acceptors (Lipinski definition) is 5. The predicted molar refractivity (Wildman–Crippen MR) is 127 cm³/mol. The molecular weight excluding hydrogens is 481 g/mol. The second kappa shape index (κ2) is 8.63. The molecule has 160 valence electrons. The van der Waals surface area contributed by atoms with Gasteiger partial charge in [0.25, 0.3) is 0 Å². The lowest BCUT2D eigenvalue weighted by Crippen LogP contribution is -2.27. The molecule has 0 bridgehead atoms. The van der Waals surface area contributed by atoms with Gasteiger partial charge in [-0.25, -0.2) is 19.3 Å². The lowest BCUT2D eigenvalue weighted by Gasteiger charge is -2.31. The van der Waals surface area contributed by atoms with Gasteiger partial charge < -0.3 is 4.90 Å². The van der Waals surface area contributed by atoms with E-state index < -0.39 is 0 Å². The summed E-state index contributed by atoms with van der Waals surface area (Å²) >= 11 is 9.96. The number of pyridine rings is 1. The fraction of sp³-hybridized carbons (Fsp3) is 0.304. The van der Waals surface area contributed by atoms with Crippen LogP contribution in [-0.2, 0) is 0 Å². The maximum Gasteiger partial charge on any atom is 0.197 e. The van der Waals surface area contributed by atoms with Gasteiger partial charge in [0.1, 0.15) is 18.3 Å². The van der Waals surface area contributed by atoms with Crippen LogP contribution in [0.2, 0.25) is 5.02 Å². The van der Waals surface area contributed by atoms with Gasteiger partial charge in [0.05, 0.1) is 27.8 Å². The van der Waals surface area contributed by atoms with Crippen molar-refractivity contribution in [2.24, 2.45) is 4.99 Å². The number of hydrogen-bond donors (Lipinski definition) is 0. The molecule has 0 spiro atoms. The van der Waals surface area contributed by atoms with E-state index in [1.165, 1.54) is 6.07 Å². The Morgan fingerprint density at radius 1 is 1.03 bits per heavy atom. The normalized spacial score (nSPS) is 13.3. The zero-order valence-corrected chi connectivity index (χ0v) is 20.0. The molecule has 4 rings (SSSR count). The Bertz CT molecular complexity index is 1150. The molecule has 0 fully saturated rings. The van der Waals surface area contributed by atoms with Crippen molar-refractivity contribution < 1.29 is 4.39 Å². The lowest BCUT2D eigenvalue weighted by atomic mass is 10.00. The molecule has 0 aliphatic carbocycles. The summed E-state index contributed by atoms with van der Waals surface area (Å²) in [6.45, 7) is 8.74. The summed E-state index contributed by atoms with van der Waals surface area (Å²) in [5.74, 6) is 0.594. The van der Waals surface area contributed by atoms with Gasteiger partial charge in [-0.15, -0.1) is 0 Å². The molecule has 0 amide bonds. The van der Waals surface area contributed by atoms with Gasteiger partial charge in [-0.1, -0.05) is 51.4 Å². The molecular formula is C23H22BrClFN5. The monoisotopic (exact) mass is 501 g/mol. The van der Waals surface area contributed by atoms with E-state index in [9.17, 15) is 4.39 Å². The fourth-order valence-electron chi connectivity index (χ4n) is 3.65. The molecule has 0 atom stereocenters. The maximum absolute atomic E-state index is 14.5. The van der Waals surface area contributed by atoms with E-state index in [4.69, 9.17) is 16.6 Å². The number of benzene rings is 1. The van der Waals surface area contributed by atoms with Crippen LogP contribution in [0.4, 0.5) is 15.9 Å². The fourth-order valence-corrected chi connectivity index (χ4v) is 4.30. The van der Waals surface area contributed by atoms with E-state index in [1.807, 2.05) is 4.90 Å². The third-order valence-electron chi connectivity index (χ3n) is 5.10. The van der Waals surface area contributed by atoms with Gasteiger partial charge in [-0.2, -0.15) is 0 Å². The summed E-state index contributed by atoms with van der Waals surface area (Å²) < 4.78 is 15.1. The number of nitrogens with zero attached hydrogens (tertiary/aromatic N) is 5. The van der Waals surface area contributed by atoms with E-state index in [2.05, 4.69) is 58.6 Å². The molecule has 0 unspecified atom stereocenters. The van der Waals surface area contributed by atoms with Gasteiger partial charge in [-0.05, 0) is 46.0 Å². The summed E-state index contributed by atoms with van der Waals surface area (Å²) in [6, 6.07) is 8.28. The second-order valence-corrected chi connectivity index (χ2v) is 9.13. The van der Waals surface area contributed by atoms with Crippen molar-refractivity contribution in [3.63, 3.8) is 0 Å². The van der Waals surface area contributed by atoms with Crippen LogP contribution in [0.25, 0.3) is 11.3 Å². The molecule has 0 radical (unpaired) electrons. The van der Waals surface area contributed by atoms with Crippen LogP contribution in [0.5, 0.6) is 0 Å². The van der Waals surface area contributed by atoms with Crippen molar-refractivity contribution in [3.8, 4) is 11.3 Å². The van der Waals surface area contributed by atoms with Crippen LogP contribution in [0, 0.1) is 5.82 Å². The minimum absolute atomic E-state index is 0.152. The van der Waals surface area contributed by atoms with Crippen LogP contribution >= 0.6 is 27.5 Å². The highest BCUT2D eigenvalue weighted by Crippen LogP contribution is 2.41. The molecule has 1 aliphatic heterocycles. The average molecular weight is 503 g/mol. The predicted octanol–water partition coefficient (Wildman–Crippen LogP) is 6.87. The Morgan fingerprint density at radius 3 is 2.29 bits per heavy atom. The van der Waals surface area contributed by atoms with E-state index in [1.54, 1.807) is 30.5 Å². The van der Waals surface area contributed by atoms with Crippen LogP contribution in [0.1, 0.15) is 56.5 Å². The van der Waals surface area contributed by atoms with Crippen LogP contribution in [0.15, 0.2) is 40.1 Å². The third-order valence-corrected chi connectivity index (χ3v) is 5.74. The molecule has 0 N–H and O–H groups in total. The molecule has 5 nitrogen and oxygen atoms in total. The first-order chi connectivity index (χ1) is 14.8. The highest BCUT2D eigenvalue weighted by molar-refractivity contribution is 9.10. The molecule has 2 aromatic heterocycles. The topological polar surface area (TPSA) is 54.3 Å². The number of aliphatic imine (C=N–C) groups is 1. The zero-order valence-electron chi connectivity index (χ0n) is 17.7. The van der Waals surface area contributed by atoms with Crippen molar-refractivity contribution in [2.75, 3.05) is 11.6 Å². The lowest BCUT2D eigenvalue weighted by molar-refractivity contribution is 0.630. The largest absolute Gasteiger partial charge is 0.302 e. The van der Waals surface area contributed by atoms with E-state index >= 15 is 0 Å². The minimum atomic E-state index is -0.370. The maximum atomic E-state index is 14.5. The smallest absolute Gasteiger partial charge is 0.197 e. The molecule has 0 saturated heterocycles. The SMILES string of the molecule is CC(C)c1nc(Br)nc(C(C)C)c1N1CN=Cc2cc(Cl)c(-c3ccccc3F)nc21. The number of rotatable bonds is 4. The number of anilines is 2. The summed E-state index contributed by atoms with van der Waals surface area (Å²) in [6.07, 6.45) is 1.75. The van der Waals surface area contributed by atoms with E-state index in [0.29, 0.717) is 33.5 Å². The van der Waals surface area contributed by atoms with E-state index in [0.717, 1.165) is 22.6 Å². The van der Waals surface area contributed by atoms with Crippen LogP contribution < -0.4 is 4.90 Å². The first-order valence-corrected chi connectivity index (χ1v) is 11.2. The molecule has 31 heavy (non-hydrogen) atoms. The highest BCUT2D eigenvalue weighted by atomic mass is 79.9. The first-order valence-electron chi connectivity index (χ1n) is 10.1. The Labute approximate surface area is 194 Å². The van der Waals surface area contributed by atoms with Gasteiger partial charge in [0.2, 0.25) is 0 Å². The number of halogens is 3.